The molecule has 1 aliphatic heterocycles. The molecule has 2 N–H and O–H groups in total. The van der Waals surface area contributed by atoms with E-state index in [4.69, 9.17) is 4.74 Å². The van der Waals surface area contributed by atoms with Gasteiger partial charge in [0.1, 0.15) is 0 Å². The summed E-state index contributed by atoms with van der Waals surface area (Å²) in [4.78, 5) is 6.95. The van der Waals surface area contributed by atoms with Gasteiger partial charge in [0.05, 0.1) is 19.3 Å². The lowest BCUT2D eigenvalue weighted by atomic mass is 10.0. The summed E-state index contributed by atoms with van der Waals surface area (Å²) in [5.41, 5.74) is 2.66. The normalized spacial score (nSPS) is 21.3. The van der Waals surface area contributed by atoms with E-state index in [1.165, 1.54) is 36.8 Å². The van der Waals surface area contributed by atoms with E-state index in [1.807, 2.05) is 7.05 Å². The Kier molecular flexibility index (Phi) is 6.70. The van der Waals surface area contributed by atoms with Gasteiger partial charge >= 0.3 is 0 Å². The van der Waals surface area contributed by atoms with Crippen LogP contribution in [-0.2, 0) is 4.74 Å². The predicted molar refractivity (Wildman–Crippen MR) is 103 cm³/mol. The van der Waals surface area contributed by atoms with Gasteiger partial charge in [-0.15, -0.1) is 0 Å². The van der Waals surface area contributed by atoms with Crippen molar-refractivity contribution in [2.24, 2.45) is 4.99 Å². The van der Waals surface area contributed by atoms with Gasteiger partial charge in [0.15, 0.2) is 5.96 Å². The molecule has 3 rings (SSSR count). The average Bonchev–Trinajstić information content (AvgIpc) is 3.16. The molecule has 1 aromatic rings. The number of hydrogen-bond donors (Lipinski definition) is 2. The number of aryl methyl sites for hydroxylation is 1. The van der Waals surface area contributed by atoms with Crippen molar-refractivity contribution in [1.29, 1.82) is 0 Å². The zero-order valence-corrected chi connectivity index (χ0v) is 15.6. The van der Waals surface area contributed by atoms with Crippen molar-refractivity contribution < 1.29 is 4.74 Å². The Morgan fingerprint density at radius 3 is 2.52 bits per heavy atom. The lowest BCUT2D eigenvalue weighted by Crippen LogP contribution is -2.48. The summed E-state index contributed by atoms with van der Waals surface area (Å²) in [6.45, 7) is 6.59. The molecule has 0 spiro atoms. The van der Waals surface area contributed by atoms with Crippen LogP contribution in [0.1, 0.15) is 42.9 Å². The number of hydrogen-bond acceptors (Lipinski definition) is 3. The minimum Gasteiger partial charge on any atom is -0.379 e. The topological polar surface area (TPSA) is 48.9 Å². The Balaban J connectivity index is 1.64. The molecule has 5 nitrogen and oxygen atoms in total. The zero-order chi connectivity index (χ0) is 17.5. The molecule has 25 heavy (non-hydrogen) atoms. The summed E-state index contributed by atoms with van der Waals surface area (Å²) in [6.07, 6.45) is 5.17. The first kappa shape index (κ1) is 18.2. The maximum absolute atomic E-state index is 5.54. The first-order valence-electron chi connectivity index (χ1n) is 9.62. The van der Waals surface area contributed by atoms with Crippen LogP contribution in [0.3, 0.4) is 0 Å². The summed E-state index contributed by atoms with van der Waals surface area (Å²) in [7, 11) is 1.86. The maximum Gasteiger partial charge on any atom is 0.191 e. The third-order valence-corrected chi connectivity index (χ3v) is 5.33. The van der Waals surface area contributed by atoms with Gasteiger partial charge in [0.25, 0.3) is 0 Å². The molecule has 1 aliphatic carbocycles. The Labute approximate surface area is 151 Å². The lowest BCUT2D eigenvalue weighted by molar-refractivity contribution is 0.0170. The summed E-state index contributed by atoms with van der Waals surface area (Å²) in [5.74, 6) is 0.928. The van der Waals surface area contributed by atoms with E-state index in [-0.39, 0.29) is 0 Å². The fourth-order valence-electron chi connectivity index (χ4n) is 3.79. The highest BCUT2D eigenvalue weighted by molar-refractivity contribution is 5.80. The Morgan fingerprint density at radius 1 is 1.20 bits per heavy atom. The second-order valence-corrected chi connectivity index (χ2v) is 7.15. The van der Waals surface area contributed by atoms with Crippen molar-refractivity contribution in [3.63, 3.8) is 0 Å². The zero-order valence-electron chi connectivity index (χ0n) is 15.6. The highest BCUT2D eigenvalue weighted by atomic mass is 16.5. The van der Waals surface area contributed by atoms with E-state index >= 15 is 0 Å². The van der Waals surface area contributed by atoms with Gasteiger partial charge in [-0.2, -0.15) is 0 Å². The molecule has 138 valence electrons. The third kappa shape index (κ3) is 5.19. The van der Waals surface area contributed by atoms with Crippen molar-refractivity contribution in [1.82, 2.24) is 15.5 Å². The smallest absolute Gasteiger partial charge is 0.191 e. The van der Waals surface area contributed by atoms with Crippen molar-refractivity contribution in [2.45, 2.75) is 44.7 Å². The summed E-state index contributed by atoms with van der Waals surface area (Å²) < 4.78 is 5.54. The van der Waals surface area contributed by atoms with Crippen LogP contribution >= 0.6 is 0 Å². The lowest BCUT2D eigenvalue weighted by Gasteiger charge is -2.35. The second kappa shape index (κ2) is 9.20. The molecule has 1 saturated heterocycles. The quantitative estimate of drug-likeness (QED) is 0.636. The monoisotopic (exact) mass is 344 g/mol. The van der Waals surface area contributed by atoms with Crippen LogP contribution in [0, 0.1) is 6.92 Å². The van der Waals surface area contributed by atoms with E-state index < -0.39 is 0 Å². The van der Waals surface area contributed by atoms with Gasteiger partial charge in [-0.3, -0.25) is 9.89 Å². The fraction of sp³-hybridized carbons (Fsp3) is 0.650. The molecule has 2 aliphatic rings. The molecule has 0 bridgehead atoms. The molecule has 1 saturated carbocycles. The van der Waals surface area contributed by atoms with Gasteiger partial charge in [0, 0.05) is 32.7 Å². The average molecular weight is 345 g/mol. The highest BCUT2D eigenvalue weighted by Gasteiger charge is 2.23. The standard InChI is InChI=1S/C20H32N4O/c1-16-7-9-17(10-8-16)19(24-11-13-25-14-12-24)15-22-20(21-2)23-18-5-3-4-6-18/h7-10,18-19H,3-6,11-15H2,1-2H3,(H2,21,22,23). The van der Waals surface area contributed by atoms with E-state index in [9.17, 15) is 0 Å². The molecular formula is C20H32N4O. The Morgan fingerprint density at radius 2 is 1.88 bits per heavy atom. The van der Waals surface area contributed by atoms with Crippen molar-refractivity contribution in [2.75, 3.05) is 39.9 Å². The fourth-order valence-corrected chi connectivity index (χ4v) is 3.79. The van der Waals surface area contributed by atoms with E-state index in [1.54, 1.807) is 0 Å². The maximum atomic E-state index is 5.54. The van der Waals surface area contributed by atoms with E-state index in [2.05, 4.69) is 51.7 Å². The van der Waals surface area contributed by atoms with Crippen LogP contribution < -0.4 is 10.6 Å². The van der Waals surface area contributed by atoms with Gasteiger partial charge in [0.2, 0.25) is 0 Å². The van der Waals surface area contributed by atoms with Gasteiger partial charge < -0.3 is 15.4 Å². The first-order valence-corrected chi connectivity index (χ1v) is 9.62. The predicted octanol–water partition coefficient (Wildman–Crippen LogP) is 2.48. The Hall–Kier alpha value is -1.59. The molecule has 5 heteroatoms. The minimum absolute atomic E-state index is 0.339. The molecule has 2 fully saturated rings. The van der Waals surface area contributed by atoms with Crippen molar-refractivity contribution in [3.05, 3.63) is 35.4 Å². The summed E-state index contributed by atoms with van der Waals surface area (Å²) >= 11 is 0. The number of guanidine groups is 1. The van der Waals surface area contributed by atoms with Gasteiger partial charge in [-0.05, 0) is 25.3 Å². The number of nitrogens with zero attached hydrogens (tertiary/aromatic N) is 2. The van der Waals surface area contributed by atoms with Gasteiger partial charge in [-0.25, -0.2) is 0 Å². The molecular weight excluding hydrogens is 312 g/mol. The molecule has 0 aromatic heterocycles. The molecule has 1 aromatic carbocycles. The number of morpholine rings is 1. The largest absolute Gasteiger partial charge is 0.379 e. The summed E-state index contributed by atoms with van der Waals surface area (Å²) in [5, 5.41) is 7.14. The summed E-state index contributed by atoms with van der Waals surface area (Å²) in [6, 6.07) is 9.83. The van der Waals surface area contributed by atoms with Crippen molar-refractivity contribution in [3.8, 4) is 0 Å². The minimum atomic E-state index is 0.339. The molecule has 1 unspecified atom stereocenters. The number of benzene rings is 1. The van der Waals surface area contributed by atoms with Crippen LogP contribution in [0.25, 0.3) is 0 Å². The van der Waals surface area contributed by atoms with Crippen molar-refractivity contribution >= 4 is 5.96 Å². The Bertz CT molecular complexity index is 545. The van der Waals surface area contributed by atoms with Crippen LogP contribution in [0.2, 0.25) is 0 Å². The van der Waals surface area contributed by atoms with E-state index in [0.717, 1.165) is 38.8 Å². The number of rotatable bonds is 5. The number of nitrogens with one attached hydrogen (secondary N) is 2. The highest BCUT2D eigenvalue weighted by Crippen LogP contribution is 2.22. The van der Waals surface area contributed by atoms with Gasteiger partial charge in [-0.1, -0.05) is 42.7 Å². The molecule has 0 amide bonds. The van der Waals surface area contributed by atoms with Crippen LogP contribution in [-0.4, -0.2) is 56.8 Å². The molecule has 1 heterocycles. The van der Waals surface area contributed by atoms with Crippen LogP contribution in [0.4, 0.5) is 0 Å². The number of ether oxygens (including phenoxy) is 1. The van der Waals surface area contributed by atoms with E-state index in [0.29, 0.717) is 12.1 Å². The van der Waals surface area contributed by atoms with Crippen LogP contribution in [0.5, 0.6) is 0 Å². The molecule has 1 atom stereocenters. The third-order valence-electron chi connectivity index (χ3n) is 5.33. The van der Waals surface area contributed by atoms with Crippen LogP contribution in [0.15, 0.2) is 29.3 Å². The second-order valence-electron chi connectivity index (χ2n) is 7.15. The number of aliphatic imine (C=N–C) groups is 1. The molecule has 0 radical (unpaired) electrons. The first-order chi connectivity index (χ1) is 12.3. The SMILES string of the molecule is CN=C(NCC(c1ccc(C)cc1)N1CCOCC1)NC1CCCC1.